The van der Waals surface area contributed by atoms with Crippen molar-refractivity contribution in [3.8, 4) is 6.07 Å². The summed E-state index contributed by atoms with van der Waals surface area (Å²) < 4.78 is 0. The molecule has 1 aliphatic carbocycles. The van der Waals surface area contributed by atoms with Crippen LogP contribution < -0.4 is 5.32 Å². The molecular formula is C27H28N2. The largest absolute Gasteiger partial charge is 0.314 e. The molecule has 0 heterocycles. The molecule has 146 valence electrons. The smallest absolute Gasteiger partial charge is 0.110 e. The molecule has 2 heteroatoms. The van der Waals surface area contributed by atoms with E-state index in [1.165, 1.54) is 5.56 Å². The molecule has 1 aliphatic rings. The summed E-state index contributed by atoms with van der Waals surface area (Å²) >= 11 is 0. The molecule has 2 nitrogen and oxygen atoms in total. The predicted octanol–water partition coefficient (Wildman–Crippen LogP) is 5.50. The number of rotatable bonds is 7. The highest BCUT2D eigenvalue weighted by Gasteiger charge is 2.45. The molecule has 1 fully saturated rings. The van der Waals surface area contributed by atoms with Gasteiger partial charge in [-0.2, -0.15) is 5.26 Å². The molecule has 0 bridgehead atoms. The lowest BCUT2D eigenvalue weighted by Gasteiger charge is -2.34. The third-order valence-electron chi connectivity index (χ3n) is 6.37. The maximum atomic E-state index is 10.5. The van der Waals surface area contributed by atoms with Gasteiger partial charge in [-0.3, -0.25) is 0 Å². The molecule has 1 N–H and O–H groups in total. The normalized spacial score (nSPS) is 19.0. The molecule has 2 atom stereocenters. The zero-order chi connectivity index (χ0) is 19.9. The lowest BCUT2D eigenvalue weighted by atomic mass is 9.66. The second-order valence-electron chi connectivity index (χ2n) is 8.05. The minimum Gasteiger partial charge on any atom is -0.314 e. The Morgan fingerprint density at radius 2 is 1.34 bits per heavy atom. The molecule has 0 saturated heterocycles. The van der Waals surface area contributed by atoms with Gasteiger partial charge in [-0.25, -0.2) is 0 Å². The van der Waals surface area contributed by atoms with E-state index in [2.05, 4.69) is 90.2 Å². The van der Waals surface area contributed by atoms with Gasteiger partial charge in [-0.1, -0.05) is 91.0 Å². The van der Waals surface area contributed by atoms with E-state index in [9.17, 15) is 5.26 Å². The van der Waals surface area contributed by atoms with Gasteiger partial charge in [0.25, 0.3) is 0 Å². The Morgan fingerprint density at radius 1 is 0.793 bits per heavy atom. The van der Waals surface area contributed by atoms with Crippen molar-refractivity contribution in [3.63, 3.8) is 0 Å². The molecule has 0 amide bonds. The van der Waals surface area contributed by atoms with Gasteiger partial charge in [0.1, 0.15) is 5.41 Å². The molecule has 29 heavy (non-hydrogen) atoms. The Hall–Kier alpha value is -2.89. The fourth-order valence-electron chi connectivity index (χ4n) is 4.89. The second kappa shape index (κ2) is 9.07. The Balaban J connectivity index is 1.51. The van der Waals surface area contributed by atoms with Gasteiger partial charge >= 0.3 is 0 Å². The van der Waals surface area contributed by atoms with Gasteiger partial charge in [0, 0.05) is 6.04 Å². The first kappa shape index (κ1) is 19.4. The summed E-state index contributed by atoms with van der Waals surface area (Å²) in [5, 5.41) is 14.2. The van der Waals surface area contributed by atoms with E-state index >= 15 is 0 Å². The molecule has 3 aromatic rings. The van der Waals surface area contributed by atoms with Gasteiger partial charge in [-0.15, -0.1) is 0 Å². The third-order valence-corrected chi connectivity index (χ3v) is 6.37. The SMILES string of the molecule is N#CC(c1ccccc1)(c1ccccc1)C1CCC(NCCc2ccccc2)C1. The number of hydrogen-bond acceptors (Lipinski definition) is 2. The number of nitriles is 1. The monoisotopic (exact) mass is 380 g/mol. The Labute approximate surface area is 174 Å². The summed E-state index contributed by atoms with van der Waals surface area (Å²) in [7, 11) is 0. The fourth-order valence-corrected chi connectivity index (χ4v) is 4.89. The highest BCUT2D eigenvalue weighted by Crippen LogP contribution is 2.46. The molecular weight excluding hydrogens is 352 g/mol. The average molecular weight is 381 g/mol. The van der Waals surface area contributed by atoms with E-state index in [1.807, 2.05) is 12.1 Å². The van der Waals surface area contributed by atoms with Crippen molar-refractivity contribution in [1.29, 1.82) is 5.26 Å². The Kier molecular flexibility index (Phi) is 6.08. The van der Waals surface area contributed by atoms with Crippen LogP contribution >= 0.6 is 0 Å². The van der Waals surface area contributed by atoms with Gasteiger partial charge < -0.3 is 5.32 Å². The van der Waals surface area contributed by atoms with Crippen LogP contribution in [0.3, 0.4) is 0 Å². The summed E-state index contributed by atoms with van der Waals surface area (Å²) in [6, 6.07) is 34.6. The first-order valence-electron chi connectivity index (χ1n) is 10.6. The molecule has 0 aromatic heterocycles. The summed E-state index contributed by atoms with van der Waals surface area (Å²) in [5.41, 5.74) is 3.01. The Morgan fingerprint density at radius 3 is 1.90 bits per heavy atom. The van der Waals surface area contributed by atoms with Gasteiger partial charge in [-0.05, 0) is 54.8 Å². The van der Waals surface area contributed by atoms with Gasteiger partial charge in [0.15, 0.2) is 0 Å². The van der Waals surface area contributed by atoms with E-state index in [-0.39, 0.29) is 0 Å². The van der Waals surface area contributed by atoms with Crippen LogP contribution in [0, 0.1) is 17.2 Å². The first-order chi connectivity index (χ1) is 14.3. The molecule has 3 aromatic carbocycles. The van der Waals surface area contributed by atoms with Crippen LogP contribution in [0.5, 0.6) is 0 Å². The molecule has 0 radical (unpaired) electrons. The maximum Gasteiger partial charge on any atom is 0.110 e. The fraction of sp³-hybridized carbons (Fsp3) is 0.296. The average Bonchev–Trinajstić information content (AvgIpc) is 3.26. The summed E-state index contributed by atoms with van der Waals surface area (Å²) in [6.45, 7) is 0.984. The highest BCUT2D eigenvalue weighted by molar-refractivity contribution is 5.47. The Bertz CT molecular complexity index is 889. The van der Waals surface area contributed by atoms with Crippen molar-refractivity contribution in [2.24, 2.45) is 5.92 Å². The zero-order valence-electron chi connectivity index (χ0n) is 16.8. The van der Waals surface area contributed by atoms with Crippen LogP contribution in [0.2, 0.25) is 0 Å². The summed E-state index contributed by atoms with van der Waals surface area (Å²) in [4.78, 5) is 0. The minimum atomic E-state index is -0.585. The zero-order valence-corrected chi connectivity index (χ0v) is 16.8. The van der Waals surface area contributed by atoms with Crippen molar-refractivity contribution in [2.45, 2.75) is 37.1 Å². The van der Waals surface area contributed by atoms with Crippen LogP contribution in [-0.4, -0.2) is 12.6 Å². The molecule has 0 aliphatic heterocycles. The van der Waals surface area contributed by atoms with E-state index in [0.29, 0.717) is 12.0 Å². The second-order valence-corrected chi connectivity index (χ2v) is 8.05. The first-order valence-corrected chi connectivity index (χ1v) is 10.6. The third kappa shape index (κ3) is 4.11. The maximum absolute atomic E-state index is 10.5. The van der Waals surface area contributed by atoms with E-state index in [1.54, 1.807) is 0 Å². The highest BCUT2D eigenvalue weighted by atomic mass is 14.9. The van der Waals surface area contributed by atoms with Gasteiger partial charge in [0.2, 0.25) is 0 Å². The van der Waals surface area contributed by atoms with Crippen molar-refractivity contribution >= 4 is 0 Å². The van der Waals surface area contributed by atoms with Crippen LogP contribution in [0.25, 0.3) is 0 Å². The molecule has 0 spiro atoms. The van der Waals surface area contributed by atoms with Crippen LogP contribution in [0.15, 0.2) is 91.0 Å². The van der Waals surface area contributed by atoms with Gasteiger partial charge in [0.05, 0.1) is 6.07 Å². The summed E-state index contributed by atoms with van der Waals surface area (Å²) in [6.07, 6.45) is 4.28. The van der Waals surface area contributed by atoms with Crippen molar-refractivity contribution in [1.82, 2.24) is 5.32 Å². The predicted molar refractivity (Wildman–Crippen MR) is 119 cm³/mol. The molecule has 1 saturated carbocycles. The van der Waals surface area contributed by atoms with Crippen LogP contribution in [-0.2, 0) is 11.8 Å². The molecule has 2 unspecified atom stereocenters. The van der Waals surface area contributed by atoms with Crippen molar-refractivity contribution in [3.05, 3.63) is 108 Å². The number of nitrogens with one attached hydrogen (secondary N) is 1. The van der Waals surface area contributed by atoms with Crippen LogP contribution in [0.4, 0.5) is 0 Å². The van der Waals surface area contributed by atoms with E-state index in [0.717, 1.165) is 43.4 Å². The number of nitrogens with zero attached hydrogens (tertiary/aromatic N) is 1. The summed E-state index contributed by atoms with van der Waals surface area (Å²) in [5.74, 6) is 0.312. The van der Waals surface area contributed by atoms with E-state index < -0.39 is 5.41 Å². The molecule has 4 rings (SSSR count). The van der Waals surface area contributed by atoms with Crippen molar-refractivity contribution in [2.75, 3.05) is 6.54 Å². The van der Waals surface area contributed by atoms with Crippen LogP contribution in [0.1, 0.15) is 36.0 Å². The topological polar surface area (TPSA) is 35.8 Å². The quantitative estimate of drug-likeness (QED) is 0.588. The lowest BCUT2D eigenvalue weighted by Crippen LogP contribution is -2.36. The minimum absolute atomic E-state index is 0.312. The number of benzene rings is 3. The van der Waals surface area contributed by atoms with E-state index in [4.69, 9.17) is 0 Å². The standard InChI is InChI=1S/C27H28N2/c28-21-27(23-12-6-2-7-13-23,24-14-8-3-9-15-24)25-16-17-26(20-25)29-19-18-22-10-4-1-5-11-22/h1-15,25-26,29H,16-20H2. The lowest BCUT2D eigenvalue weighted by molar-refractivity contribution is 0.387. The van der Waals surface area contributed by atoms with Crippen molar-refractivity contribution < 1.29 is 0 Å². The number of hydrogen-bond donors (Lipinski definition) is 1.